The van der Waals surface area contributed by atoms with Gasteiger partial charge in [-0.15, -0.1) is 0 Å². The molecule has 8 aromatic rings. The third-order valence-electron chi connectivity index (χ3n) is 18.7. The Labute approximate surface area is 423 Å². The van der Waals surface area contributed by atoms with E-state index in [0.717, 1.165) is 29.4 Å². The first-order chi connectivity index (χ1) is 33.4. The largest absolute Gasteiger partial charge is 0.456 e. The molecule has 2 aliphatic heterocycles. The van der Waals surface area contributed by atoms with Gasteiger partial charge in [-0.3, -0.25) is 0 Å². The minimum atomic E-state index is -0.0124. The van der Waals surface area contributed by atoms with Gasteiger partial charge in [-0.1, -0.05) is 144 Å². The standard InChI is InChI=1S/C67H71BN2O/c1-38-27-56-61-57(28-38)70(54-34-48-45(30-40(54)3)64(8,9)36-66(48,12)13)55-35-49-46(65(10,11)37-67(49,14)15)32-51(55)68(61)50-31-41(42-20-18-22-59-60(42)43-19-16-17-21-58(43)71-59)23-24-52(50)69(56)53-33-47-44(29-39(53)2)62(4,5)25-26-63(47,6)7/h16-24,27-35H,25-26,36-37H2,1-15H3. The molecular formula is C67H71BN2O. The van der Waals surface area contributed by atoms with Gasteiger partial charge >= 0.3 is 0 Å². The van der Waals surface area contributed by atoms with E-state index >= 15 is 0 Å². The van der Waals surface area contributed by atoms with Gasteiger partial charge in [0.1, 0.15) is 11.2 Å². The van der Waals surface area contributed by atoms with E-state index in [1.54, 1.807) is 0 Å². The molecule has 7 aromatic carbocycles. The van der Waals surface area contributed by atoms with Crippen LogP contribution in [0.15, 0.2) is 114 Å². The second-order valence-corrected chi connectivity index (χ2v) is 26.9. The van der Waals surface area contributed by atoms with Crippen molar-refractivity contribution in [2.24, 2.45) is 0 Å². The number of nitrogens with zero attached hydrogens (tertiary/aromatic N) is 2. The topological polar surface area (TPSA) is 19.6 Å². The number of rotatable bonds is 3. The van der Waals surface area contributed by atoms with E-state index in [9.17, 15) is 0 Å². The predicted molar refractivity (Wildman–Crippen MR) is 304 cm³/mol. The van der Waals surface area contributed by atoms with E-state index in [4.69, 9.17) is 4.42 Å². The maximum atomic E-state index is 6.54. The second-order valence-electron chi connectivity index (χ2n) is 26.9. The van der Waals surface area contributed by atoms with Crippen molar-refractivity contribution in [3.05, 3.63) is 159 Å². The average molecular weight is 931 g/mol. The normalized spacial score (nSPS) is 19.8. The molecule has 0 fully saturated rings. The molecule has 0 bridgehead atoms. The maximum Gasteiger partial charge on any atom is 0.252 e. The van der Waals surface area contributed by atoms with Crippen molar-refractivity contribution in [2.75, 3.05) is 9.80 Å². The summed E-state index contributed by atoms with van der Waals surface area (Å²) in [6, 6.07) is 43.3. The zero-order chi connectivity index (χ0) is 49.9. The predicted octanol–water partition coefficient (Wildman–Crippen LogP) is 16.5. The molecule has 0 unspecified atom stereocenters. The van der Waals surface area contributed by atoms with Gasteiger partial charge in [0.05, 0.1) is 0 Å². The molecule has 0 radical (unpaired) electrons. The summed E-state index contributed by atoms with van der Waals surface area (Å²) >= 11 is 0. The summed E-state index contributed by atoms with van der Waals surface area (Å²) < 4.78 is 6.54. The van der Waals surface area contributed by atoms with E-state index in [2.05, 4.69) is 223 Å². The molecule has 13 rings (SSSR count). The summed E-state index contributed by atoms with van der Waals surface area (Å²) in [5, 5.41) is 2.34. The van der Waals surface area contributed by atoms with Gasteiger partial charge in [-0.05, 0) is 205 Å². The second kappa shape index (κ2) is 14.1. The van der Waals surface area contributed by atoms with Gasteiger partial charge in [0.15, 0.2) is 0 Å². The molecule has 3 aliphatic carbocycles. The lowest BCUT2D eigenvalue weighted by molar-refractivity contribution is 0.332. The van der Waals surface area contributed by atoms with Gasteiger partial charge in [-0.25, -0.2) is 0 Å². The first-order valence-electron chi connectivity index (χ1n) is 26.7. The van der Waals surface area contributed by atoms with Crippen LogP contribution >= 0.6 is 0 Å². The first kappa shape index (κ1) is 44.9. The Kier molecular flexibility index (Phi) is 8.95. The van der Waals surface area contributed by atoms with Crippen molar-refractivity contribution in [1.82, 2.24) is 0 Å². The van der Waals surface area contributed by atoms with Crippen LogP contribution < -0.4 is 26.2 Å². The Morgan fingerprint density at radius 1 is 0.423 bits per heavy atom. The number of aryl methyl sites for hydroxylation is 3. The summed E-state index contributed by atoms with van der Waals surface area (Å²) in [4.78, 5) is 5.42. The van der Waals surface area contributed by atoms with Crippen LogP contribution in [0.25, 0.3) is 33.1 Å². The van der Waals surface area contributed by atoms with Crippen LogP contribution in [0.1, 0.15) is 159 Å². The highest BCUT2D eigenvalue weighted by Gasteiger charge is 2.50. The number of anilines is 6. The van der Waals surface area contributed by atoms with Crippen molar-refractivity contribution in [3.8, 4) is 11.1 Å². The van der Waals surface area contributed by atoms with Crippen LogP contribution in [-0.4, -0.2) is 6.71 Å². The summed E-state index contributed by atoms with van der Waals surface area (Å²) in [5.41, 5.74) is 29.5. The van der Waals surface area contributed by atoms with E-state index in [1.165, 1.54) is 130 Å². The molecule has 0 saturated carbocycles. The van der Waals surface area contributed by atoms with Crippen LogP contribution in [-0.2, 0) is 32.5 Å². The summed E-state index contributed by atoms with van der Waals surface area (Å²) in [6.45, 7) is 36.7. The Bertz CT molecular complexity index is 3670. The van der Waals surface area contributed by atoms with Crippen LogP contribution in [0.5, 0.6) is 0 Å². The number of furan rings is 1. The molecule has 0 spiro atoms. The molecular weight excluding hydrogens is 860 g/mol. The van der Waals surface area contributed by atoms with Crippen LogP contribution in [0.3, 0.4) is 0 Å². The molecule has 0 atom stereocenters. The molecule has 0 saturated heterocycles. The summed E-state index contributed by atoms with van der Waals surface area (Å²) in [7, 11) is 0. The highest BCUT2D eigenvalue weighted by molar-refractivity contribution is 7.00. The molecule has 3 nitrogen and oxygen atoms in total. The molecule has 0 amide bonds. The quantitative estimate of drug-likeness (QED) is 0.165. The fraction of sp³-hybridized carbons (Fsp3) is 0.373. The molecule has 358 valence electrons. The molecule has 5 aliphatic rings. The summed E-state index contributed by atoms with van der Waals surface area (Å²) in [6.07, 6.45) is 4.61. The number of fused-ring (bicyclic) bond motifs is 10. The molecule has 1 aromatic heterocycles. The van der Waals surface area contributed by atoms with Crippen molar-refractivity contribution in [3.63, 3.8) is 0 Å². The van der Waals surface area contributed by atoms with Gasteiger partial charge in [-0.2, -0.15) is 0 Å². The minimum Gasteiger partial charge on any atom is -0.456 e. The Morgan fingerprint density at radius 3 is 1.51 bits per heavy atom. The SMILES string of the molecule is Cc1cc2c3c(c1)N(c1cc4c(cc1C)C(C)(C)CC4(C)C)c1cc4c(cc1B3c1cc(-c3cccc5oc6ccccc6c35)ccc1N2c1cc2c(cc1C)C(C)(C)CCC2(C)C)C(C)(C)CC4(C)C. The number of hydrogen-bond acceptors (Lipinski definition) is 3. The lowest BCUT2D eigenvalue weighted by Crippen LogP contribution is -2.61. The minimum absolute atomic E-state index is 0.0124. The van der Waals surface area contributed by atoms with Crippen molar-refractivity contribution in [1.29, 1.82) is 0 Å². The van der Waals surface area contributed by atoms with Gasteiger partial charge in [0.25, 0.3) is 6.71 Å². The van der Waals surface area contributed by atoms with Gasteiger partial charge in [0, 0.05) is 44.9 Å². The van der Waals surface area contributed by atoms with E-state index < -0.39 is 0 Å². The molecule has 71 heavy (non-hydrogen) atoms. The number of para-hydroxylation sites is 1. The van der Waals surface area contributed by atoms with Crippen molar-refractivity contribution < 1.29 is 4.42 Å². The zero-order valence-corrected chi connectivity index (χ0v) is 45.1. The average Bonchev–Trinajstić information content (AvgIpc) is 3.83. The molecule has 3 heterocycles. The smallest absolute Gasteiger partial charge is 0.252 e. The Morgan fingerprint density at radius 2 is 0.901 bits per heavy atom. The van der Waals surface area contributed by atoms with Crippen LogP contribution in [0.2, 0.25) is 0 Å². The highest BCUT2D eigenvalue weighted by atomic mass is 16.3. The van der Waals surface area contributed by atoms with Crippen molar-refractivity contribution >= 4 is 79.2 Å². The van der Waals surface area contributed by atoms with Crippen LogP contribution in [0.4, 0.5) is 34.1 Å². The fourth-order valence-electron chi connectivity index (χ4n) is 15.6. The molecule has 0 N–H and O–H groups in total. The highest BCUT2D eigenvalue weighted by Crippen LogP contribution is 2.57. The Hall–Kier alpha value is -6.00. The first-order valence-corrected chi connectivity index (χ1v) is 26.7. The van der Waals surface area contributed by atoms with Gasteiger partial charge < -0.3 is 14.2 Å². The third-order valence-corrected chi connectivity index (χ3v) is 18.7. The van der Waals surface area contributed by atoms with E-state index in [0.29, 0.717) is 0 Å². The van der Waals surface area contributed by atoms with E-state index in [-0.39, 0.29) is 39.2 Å². The number of hydrogen-bond donors (Lipinski definition) is 0. The summed E-state index contributed by atoms with van der Waals surface area (Å²) in [5.74, 6) is 0. The van der Waals surface area contributed by atoms with E-state index in [1.807, 2.05) is 0 Å². The van der Waals surface area contributed by atoms with Gasteiger partial charge in [0.2, 0.25) is 0 Å². The van der Waals surface area contributed by atoms with Crippen LogP contribution in [0, 0.1) is 20.8 Å². The third kappa shape index (κ3) is 6.21. The fourth-order valence-corrected chi connectivity index (χ4v) is 15.6. The monoisotopic (exact) mass is 931 g/mol. The number of benzene rings is 7. The zero-order valence-electron chi connectivity index (χ0n) is 45.1. The Balaban J connectivity index is 1.15. The maximum absolute atomic E-state index is 6.54. The lowest BCUT2D eigenvalue weighted by atomic mass is 9.33. The van der Waals surface area contributed by atoms with Crippen molar-refractivity contribution in [2.45, 2.75) is 162 Å². The molecule has 4 heteroatoms. The lowest BCUT2D eigenvalue weighted by Gasteiger charge is -2.47.